The zero-order valence-corrected chi connectivity index (χ0v) is 16.2. The number of carbonyl (C=O) groups excluding carboxylic acids is 3. The molecular weight excluding hydrogens is 382 g/mol. The highest BCUT2D eigenvalue weighted by Gasteiger charge is 2.31. The number of nitrogens with two attached hydrogens (primary N) is 1. The number of hydrogen-bond acceptors (Lipinski definition) is 7. The number of rotatable bonds is 6. The van der Waals surface area contributed by atoms with E-state index in [9.17, 15) is 14.4 Å². The van der Waals surface area contributed by atoms with Crippen LogP contribution in [0.2, 0.25) is 0 Å². The predicted octanol–water partition coefficient (Wildman–Crippen LogP) is 1.84. The Morgan fingerprint density at radius 1 is 1.25 bits per heavy atom. The number of amides is 2. The molecule has 0 radical (unpaired) electrons. The molecule has 1 aliphatic rings. The molecule has 1 saturated heterocycles. The lowest BCUT2D eigenvalue weighted by Crippen LogP contribution is -2.51. The Morgan fingerprint density at radius 3 is 2.68 bits per heavy atom. The molecule has 8 nitrogen and oxygen atoms in total. The second-order valence-corrected chi connectivity index (χ2v) is 7.20. The molecule has 9 heteroatoms. The highest BCUT2D eigenvalue weighted by atomic mass is 32.1. The summed E-state index contributed by atoms with van der Waals surface area (Å²) in [5, 5.41) is 2.24. The maximum Gasteiger partial charge on any atom is 0.358 e. The normalized spacial score (nSPS) is 16.5. The van der Waals surface area contributed by atoms with Gasteiger partial charge in [0.2, 0.25) is 5.91 Å². The summed E-state index contributed by atoms with van der Waals surface area (Å²) in [7, 11) is 1.59. The Hall–Kier alpha value is -2.94. The van der Waals surface area contributed by atoms with E-state index in [1.165, 1.54) is 16.2 Å². The molecular formula is C19H21N3O5S. The quantitative estimate of drug-likeness (QED) is 0.737. The highest BCUT2D eigenvalue weighted by Crippen LogP contribution is 2.26. The minimum absolute atomic E-state index is 0.133. The maximum absolute atomic E-state index is 12.3. The molecule has 1 aromatic carbocycles. The smallest absolute Gasteiger partial charge is 0.358 e. The van der Waals surface area contributed by atoms with Crippen LogP contribution in [-0.2, 0) is 14.3 Å². The fourth-order valence-corrected chi connectivity index (χ4v) is 3.84. The molecule has 1 atom stereocenters. The SMILES string of the molecule is COc1ccc(-c2nc(C(=O)OCC(=O)N3CCCC[C@H]3C(N)=O)cs2)cc1. The van der Waals surface area contributed by atoms with Gasteiger partial charge in [-0.1, -0.05) is 0 Å². The number of nitrogens with zero attached hydrogens (tertiary/aromatic N) is 2. The molecule has 1 aromatic heterocycles. The molecule has 0 saturated carbocycles. The van der Waals surface area contributed by atoms with Gasteiger partial charge in [0.05, 0.1) is 7.11 Å². The van der Waals surface area contributed by atoms with Gasteiger partial charge in [0.25, 0.3) is 5.91 Å². The van der Waals surface area contributed by atoms with Crippen molar-refractivity contribution in [3.63, 3.8) is 0 Å². The zero-order valence-electron chi connectivity index (χ0n) is 15.4. The average Bonchev–Trinajstić information content (AvgIpc) is 3.22. The molecule has 148 valence electrons. The van der Waals surface area contributed by atoms with Crippen LogP contribution in [0, 0.1) is 0 Å². The van der Waals surface area contributed by atoms with Crippen LogP contribution in [0.1, 0.15) is 29.8 Å². The largest absolute Gasteiger partial charge is 0.497 e. The minimum atomic E-state index is -0.683. The Kier molecular flexibility index (Phi) is 6.25. The van der Waals surface area contributed by atoms with Gasteiger partial charge in [-0.05, 0) is 43.5 Å². The molecule has 28 heavy (non-hydrogen) atoms. The van der Waals surface area contributed by atoms with Crippen molar-refractivity contribution < 1.29 is 23.9 Å². The number of methoxy groups -OCH3 is 1. The Balaban J connectivity index is 1.59. The molecule has 1 fully saturated rings. The Bertz CT molecular complexity index is 865. The van der Waals surface area contributed by atoms with Gasteiger partial charge in [-0.25, -0.2) is 9.78 Å². The standard InChI is InChI=1S/C19H21N3O5S/c1-26-13-7-5-12(6-8-13)18-21-14(11-28-18)19(25)27-10-16(23)22-9-3-2-4-15(22)17(20)24/h5-8,11,15H,2-4,9-10H2,1H3,(H2,20,24)/t15-/m0/s1. The number of ether oxygens (including phenoxy) is 2. The molecule has 1 aliphatic heterocycles. The molecule has 2 aromatic rings. The van der Waals surface area contributed by atoms with Crippen LogP contribution < -0.4 is 10.5 Å². The van der Waals surface area contributed by atoms with Gasteiger partial charge in [0.15, 0.2) is 12.3 Å². The monoisotopic (exact) mass is 403 g/mol. The average molecular weight is 403 g/mol. The van der Waals surface area contributed by atoms with Crippen molar-refractivity contribution in [2.75, 3.05) is 20.3 Å². The van der Waals surface area contributed by atoms with E-state index in [0.29, 0.717) is 18.0 Å². The summed E-state index contributed by atoms with van der Waals surface area (Å²) < 4.78 is 10.2. The molecule has 0 spiro atoms. The van der Waals surface area contributed by atoms with Crippen LogP contribution >= 0.6 is 11.3 Å². The van der Waals surface area contributed by atoms with Crippen molar-refractivity contribution in [3.8, 4) is 16.3 Å². The lowest BCUT2D eigenvalue weighted by Gasteiger charge is -2.33. The summed E-state index contributed by atoms with van der Waals surface area (Å²) in [6.07, 6.45) is 2.16. The summed E-state index contributed by atoms with van der Waals surface area (Å²) in [4.78, 5) is 41.8. The van der Waals surface area contributed by atoms with Gasteiger partial charge in [0.1, 0.15) is 16.8 Å². The van der Waals surface area contributed by atoms with Crippen LogP contribution in [0.3, 0.4) is 0 Å². The first kappa shape index (κ1) is 19.8. The van der Waals surface area contributed by atoms with Crippen LogP contribution in [0.25, 0.3) is 10.6 Å². The number of benzene rings is 1. The van der Waals surface area contributed by atoms with Crippen molar-refractivity contribution >= 4 is 29.1 Å². The van der Waals surface area contributed by atoms with Crippen LogP contribution in [0.15, 0.2) is 29.6 Å². The van der Waals surface area contributed by atoms with Gasteiger partial charge in [-0.2, -0.15) is 0 Å². The van der Waals surface area contributed by atoms with Crippen molar-refractivity contribution in [2.45, 2.75) is 25.3 Å². The molecule has 3 rings (SSSR count). The third-order valence-corrected chi connectivity index (χ3v) is 5.42. The van der Waals surface area contributed by atoms with E-state index in [-0.39, 0.29) is 5.69 Å². The number of primary amides is 1. The third kappa shape index (κ3) is 4.48. The fourth-order valence-electron chi connectivity index (χ4n) is 3.04. The summed E-state index contributed by atoms with van der Waals surface area (Å²) in [6.45, 7) is -0.0136. The van der Waals surface area contributed by atoms with Gasteiger partial charge in [-0.15, -0.1) is 11.3 Å². The van der Waals surface area contributed by atoms with E-state index in [1.54, 1.807) is 24.6 Å². The topological polar surface area (TPSA) is 112 Å². The summed E-state index contributed by atoms with van der Waals surface area (Å²) >= 11 is 1.30. The van der Waals surface area contributed by atoms with E-state index in [2.05, 4.69) is 4.98 Å². The zero-order chi connectivity index (χ0) is 20.1. The molecule has 0 bridgehead atoms. The van der Waals surface area contributed by atoms with Gasteiger partial charge in [-0.3, -0.25) is 9.59 Å². The van der Waals surface area contributed by atoms with Crippen molar-refractivity contribution in [3.05, 3.63) is 35.3 Å². The Labute approximate surface area is 166 Å². The van der Waals surface area contributed by atoms with Gasteiger partial charge in [0, 0.05) is 17.5 Å². The summed E-state index contributed by atoms with van der Waals surface area (Å²) in [5.41, 5.74) is 6.34. The number of esters is 1. The predicted molar refractivity (Wildman–Crippen MR) is 103 cm³/mol. The number of likely N-dealkylation sites (tertiary alicyclic amines) is 1. The van der Waals surface area contributed by atoms with E-state index in [1.807, 2.05) is 12.1 Å². The lowest BCUT2D eigenvalue weighted by molar-refractivity contribution is -0.143. The van der Waals surface area contributed by atoms with Crippen LogP contribution in [0.4, 0.5) is 0 Å². The van der Waals surface area contributed by atoms with Crippen LogP contribution in [-0.4, -0.2) is 54.0 Å². The van der Waals surface area contributed by atoms with Crippen molar-refractivity contribution in [2.24, 2.45) is 5.73 Å². The first-order valence-corrected chi connectivity index (χ1v) is 9.73. The van der Waals surface area contributed by atoms with E-state index in [0.717, 1.165) is 24.2 Å². The van der Waals surface area contributed by atoms with E-state index < -0.39 is 30.4 Å². The number of carbonyl (C=O) groups is 3. The third-order valence-electron chi connectivity index (χ3n) is 4.53. The summed E-state index contributed by atoms with van der Waals surface area (Å²) in [6, 6.07) is 6.66. The first-order valence-electron chi connectivity index (χ1n) is 8.85. The van der Waals surface area contributed by atoms with Crippen LogP contribution in [0.5, 0.6) is 5.75 Å². The number of hydrogen-bond donors (Lipinski definition) is 1. The maximum atomic E-state index is 12.3. The molecule has 2 heterocycles. The molecule has 0 unspecified atom stereocenters. The second-order valence-electron chi connectivity index (χ2n) is 6.34. The van der Waals surface area contributed by atoms with Crippen molar-refractivity contribution in [1.29, 1.82) is 0 Å². The molecule has 2 N–H and O–H groups in total. The van der Waals surface area contributed by atoms with E-state index in [4.69, 9.17) is 15.2 Å². The fraction of sp³-hybridized carbons (Fsp3) is 0.368. The highest BCUT2D eigenvalue weighted by molar-refractivity contribution is 7.13. The number of aromatic nitrogens is 1. The van der Waals surface area contributed by atoms with Gasteiger partial charge >= 0.3 is 5.97 Å². The summed E-state index contributed by atoms with van der Waals surface area (Å²) in [5.74, 6) is -0.923. The number of thiazole rings is 1. The van der Waals surface area contributed by atoms with Gasteiger partial charge < -0.3 is 20.1 Å². The molecule has 0 aliphatic carbocycles. The molecule has 2 amide bonds. The number of piperidine rings is 1. The van der Waals surface area contributed by atoms with E-state index >= 15 is 0 Å². The Morgan fingerprint density at radius 2 is 2.00 bits per heavy atom. The van der Waals surface area contributed by atoms with Crippen molar-refractivity contribution in [1.82, 2.24) is 9.88 Å². The second kappa shape index (κ2) is 8.83. The lowest BCUT2D eigenvalue weighted by atomic mass is 10.0. The minimum Gasteiger partial charge on any atom is -0.497 e. The first-order chi connectivity index (χ1) is 13.5.